The SMILES string of the molecule is C[C@H](N)c1ccc(OC2CCOC3(CCOC3)C2)cc1F. The zero-order valence-electron chi connectivity index (χ0n) is 12.3. The Kier molecular flexibility index (Phi) is 4.15. The van der Waals surface area contributed by atoms with E-state index in [1.54, 1.807) is 19.1 Å². The summed E-state index contributed by atoms with van der Waals surface area (Å²) < 4.78 is 31.2. The van der Waals surface area contributed by atoms with Crippen LogP contribution in [0.15, 0.2) is 18.2 Å². The third kappa shape index (κ3) is 3.20. The molecule has 2 saturated heterocycles. The van der Waals surface area contributed by atoms with Crippen LogP contribution in [0.1, 0.15) is 37.8 Å². The van der Waals surface area contributed by atoms with Crippen LogP contribution in [0.25, 0.3) is 0 Å². The summed E-state index contributed by atoms with van der Waals surface area (Å²) in [7, 11) is 0. The minimum atomic E-state index is -0.318. The van der Waals surface area contributed by atoms with E-state index in [0.717, 1.165) is 25.9 Å². The fourth-order valence-corrected chi connectivity index (χ4v) is 3.09. The van der Waals surface area contributed by atoms with Crippen LogP contribution in [0.5, 0.6) is 5.75 Å². The molecule has 0 saturated carbocycles. The van der Waals surface area contributed by atoms with Gasteiger partial charge in [-0.1, -0.05) is 6.07 Å². The second-order valence-electron chi connectivity index (χ2n) is 6.04. The molecule has 0 radical (unpaired) electrons. The fraction of sp³-hybridized carbons (Fsp3) is 0.625. The van der Waals surface area contributed by atoms with Crippen LogP contribution in [0.4, 0.5) is 4.39 Å². The van der Waals surface area contributed by atoms with Crippen molar-refractivity contribution in [3.05, 3.63) is 29.6 Å². The van der Waals surface area contributed by atoms with Gasteiger partial charge in [-0.25, -0.2) is 4.39 Å². The first kappa shape index (κ1) is 14.8. The summed E-state index contributed by atoms with van der Waals surface area (Å²) in [5.74, 6) is 0.242. The summed E-state index contributed by atoms with van der Waals surface area (Å²) in [6.07, 6.45) is 2.56. The minimum Gasteiger partial charge on any atom is -0.490 e. The van der Waals surface area contributed by atoms with E-state index >= 15 is 0 Å². The van der Waals surface area contributed by atoms with Crippen LogP contribution in [0.2, 0.25) is 0 Å². The Morgan fingerprint density at radius 3 is 2.95 bits per heavy atom. The first-order valence-corrected chi connectivity index (χ1v) is 7.51. The van der Waals surface area contributed by atoms with Crippen molar-refractivity contribution >= 4 is 0 Å². The first-order valence-electron chi connectivity index (χ1n) is 7.51. The van der Waals surface area contributed by atoms with Gasteiger partial charge in [0, 0.05) is 43.5 Å². The summed E-state index contributed by atoms with van der Waals surface area (Å²) in [5.41, 5.74) is 6.02. The Balaban J connectivity index is 1.67. The summed E-state index contributed by atoms with van der Waals surface area (Å²) in [6.45, 7) is 3.80. The molecule has 2 heterocycles. The second-order valence-corrected chi connectivity index (χ2v) is 6.04. The normalized spacial score (nSPS) is 30.5. The van der Waals surface area contributed by atoms with E-state index in [4.69, 9.17) is 19.9 Å². The van der Waals surface area contributed by atoms with Gasteiger partial charge < -0.3 is 19.9 Å². The molecule has 4 nitrogen and oxygen atoms in total. The van der Waals surface area contributed by atoms with E-state index < -0.39 is 0 Å². The van der Waals surface area contributed by atoms with Crippen molar-refractivity contribution in [2.45, 2.75) is 43.9 Å². The molecule has 0 amide bonds. The van der Waals surface area contributed by atoms with Gasteiger partial charge >= 0.3 is 0 Å². The number of rotatable bonds is 3. The highest BCUT2D eigenvalue weighted by Crippen LogP contribution is 2.34. The molecule has 2 aliphatic rings. The number of ether oxygens (including phenoxy) is 3. The van der Waals surface area contributed by atoms with Gasteiger partial charge in [0.15, 0.2) is 0 Å². The highest BCUT2D eigenvalue weighted by atomic mass is 19.1. The van der Waals surface area contributed by atoms with Gasteiger partial charge in [-0.05, 0) is 13.0 Å². The molecule has 5 heteroatoms. The van der Waals surface area contributed by atoms with E-state index in [2.05, 4.69) is 0 Å². The van der Waals surface area contributed by atoms with Crippen LogP contribution in [-0.2, 0) is 9.47 Å². The van der Waals surface area contributed by atoms with Crippen LogP contribution in [-0.4, -0.2) is 31.5 Å². The van der Waals surface area contributed by atoms with Crippen molar-refractivity contribution in [3.63, 3.8) is 0 Å². The quantitative estimate of drug-likeness (QED) is 0.931. The molecule has 116 valence electrons. The molecular weight excluding hydrogens is 273 g/mol. The second kappa shape index (κ2) is 5.91. The number of nitrogens with two attached hydrogens (primary N) is 1. The van der Waals surface area contributed by atoms with E-state index in [9.17, 15) is 4.39 Å². The summed E-state index contributed by atoms with van der Waals surface area (Å²) in [5, 5.41) is 0. The van der Waals surface area contributed by atoms with Gasteiger partial charge in [0.05, 0.1) is 18.8 Å². The topological polar surface area (TPSA) is 53.7 Å². The van der Waals surface area contributed by atoms with Crippen molar-refractivity contribution in [1.29, 1.82) is 0 Å². The van der Waals surface area contributed by atoms with Gasteiger partial charge in [-0.15, -0.1) is 0 Å². The number of hydrogen-bond acceptors (Lipinski definition) is 4. The minimum absolute atomic E-state index is 0.0426. The van der Waals surface area contributed by atoms with Gasteiger partial charge in [-0.2, -0.15) is 0 Å². The molecule has 1 spiro atoms. The van der Waals surface area contributed by atoms with Crippen molar-refractivity contribution in [3.8, 4) is 5.75 Å². The van der Waals surface area contributed by atoms with Crippen molar-refractivity contribution in [2.75, 3.05) is 19.8 Å². The number of halogens is 1. The van der Waals surface area contributed by atoms with Crippen LogP contribution in [0.3, 0.4) is 0 Å². The maximum atomic E-state index is 13.9. The van der Waals surface area contributed by atoms with Gasteiger partial charge in [0.2, 0.25) is 0 Å². The van der Waals surface area contributed by atoms with Crippen LogP contribution in [0, 0.1) is 5.82 Å². The Labute approximate surface area is 124 Å². The molecule has 21 heavy (non-hydrogen) atoms. The molecule has 0 aromatic heterocycles. The van der Waals surface area contributed by atoms with E-state index in [-0.39, 0.29) is 23.6 Å². The lowest BCUT2D eigenvalue weighted by Crippen LogP contribution is -2.44. The maximum absolute atomic E-state index is 13.9. The van der Waals surface area contributed by atoms with Gasteiger partial charge in [0.25, 0.3) is 0 Å². The Bertz CT molecular complexity index is 500. The van der Waals surface area contributed by atoms with Crippen molar-refractivity contribution in [2.24, 2.45) is 5.73 Å². The monoisotopic (exact) mass is 295 g/mol. The standard InChI is InChI=1S/C16H22FNO3/c1-11(18)14-3-2-12(8-15(14)17)21-13-4-6-20-16(9-13)5-7-19-10-16/h2-3,8,11,13H,4-7,9-10,18H2,1H3/t11-,13?,16?/m0/s1. The Hall–Kier alpha value is -1.17. The average Bonchev–Trinajstić information content (AvgIpc) is 2.86. The molecule has 3 rings (SSSR count). The molecule has 0 aliphatic carbocycles. The van der Waals surface area contributed by atoms with Crippen LogP contribution < -0.4 is 10.5 Å². The van der Waals surface area contributed by atoms with E-state index in [1.165, 1.54) is 6.07 Å². The zero-order chi connectivity index (χ0) is 14.9. The molecule has 2 aliphatic heterocycles. The molecule has 3 atom stereocenters. The third-order valence-corrected chi connectivity index (χ3v) is 4.28. The molecule has 1 aromatic carbocycles. The summed E-state index contributed by atoms with van der Waals surface area (Å²) in [6, 6.07) is 4.59. The number of benzene rings is 1. The van der Waals surface area contributed by atoms with Crippen LogP contribution >= 0.6 is 0 Å². The molecule has 0 bridgehead atoms. The predicted octanol–water partition coefficient (Wildman–Crippen LogP) is 2.56. The molecule has 1 aromatic rings. The molecular formula is C16H22FNO3. The van der Waals surface area contributed by atoms with E-state index in [1.807, 2.05) is 0 Å². The Morgan fingerprint density at radius 1 is 1.43 bits per heavy atom. The predicted molar refractivity (Wildman–Crippen MR) is 76.8 cm³/mol. The Morgan fingerprint density at radius 2 is 2.29 bits per heavy atom. The number of hydrogen-bond donors (Lipinski definition) is 1. The molecule has 2 fully saturated rings. The summed E-state index contributed by atoms with van der Waals surface area (Å²) in [4.78, 5) is 0. The highest BCUT2D eigenvalue weighted by molar-refractivity contribution is 5.30. The lowest BCUT2D eigenvalue weighted by atomic mass is 9.91. The highest BCUT2D eigenvalue weighted by Gasteiger charge is 2.41. The zero-order valence-corrected chi connectivity index (χ0v) is 12.3. The fourth-order valence-electron chi connectivity index (χ4n) is 3.09. The molecule has 2 unspecified atom stereocenters. The van der Waals surface area contributed by atoms with Crippen molar-refractivity contribution in [1.82, 2.24) is 0 Å². The summed E-state index contributed by atoms with van der Waals surface area (Å²) >= 11 is 0. The smallest absolute Gasteiger partial charge is 0.131 e. The molecule has 2 N–H and O–H groups in total. The third-order valence-electron chi connectivity index (χ3n) is 4.28. The van der Waals surface area contributed by atoms with E-state index in [0.29, 0.717) is 24.5 Å². The first-order chi connectivity index (χ1) is 10.1. The average molecular weight is 295 g/mol. The van der Waals surface area contributed by atoms with Crippen molar-refractivity contribution < 1.29 is 18.6 Å². The lowest BCUT2D eigenvalue weighted by molar-refractivity contribution is -0.112. The van der Waals surface area contributed by atoms with Gasteiger partial charge in [-0.3, -0.25) is 0 Å². The maximum Gasteiger partial charge on any atom is 0.131 e. The largest absolute Gasteiger partial charge is 0.490 e. The van der Waals surface area contributed by atoms with Gasteiger partial charge in [0.1, 0.15) is 17.7 Å². The lowest BCUT2D eigenvalue weighted by Gasteiger charge is -2.37.